The highest BCUT2D eigenvalue weighted by molar-refractivity contribution is 6.11. The van der Waals surface area contributed by atoms with E-state index in [1.165, 1.54) is 39.0 Å². The molecule has 39 heavy (non-hydrogen) atoms. The van der Waals surface area contributed by atoms with Gasteiger partial charge in [0.15, 0.2) is 0 Å². The van der Waals surface area contributed by atoms with Gasteiger partial charge in [-0.25, -0.2) is 0 Å². The number of benzene rings is 4. The summed E-state index contributed by atoms with van der Waals surface area (Å²) < 4.78 is 2.31. The summed E-state index contributed by atoms with van der Waals surface area (Å²) >= 11 is 0. The molecule has 0 fully saturated rings. The molecule has 0 spiro atoms. The predicted molar refractivity (Wildman–Crippen MR) is 166 cm³/mol. The maximum atomic E-state index is 10.4. The molecule has 0 amide bonds. The Balaban J connectivity index is 1.45. The summed E-state index contributed by atoms with van der Waals surface area (Å²) in [6.45, 7) is 6.48. The molecule has 2 heteroatoms. The molecule has 1 aliphatic rings. The normalized spacial score (nSPS) is 14.3. The SMILES string of the molecule is C/C(=C\C=C(/C)c1cccc(-n2c3ccc(O)cc3c3cc(-c4ccc(C)cc4)ccc32)c1)C1=CC=CCC1. The van der Waals surface area contributed by atoms with Crippen LogP contribution in [0.5, 0.6) is 5.75 Å². The molecule has 6 rings (SSSR count). The van der Waals surface area contributed by atoms with Gasteiger partial charge in [-0.05, 0) is 109 Å². The molecule has 0 radical (unpaired) electrons. The standard InChI is InChI=1S/C37H33NO/c1-25-12-16-29(17-13-25)31-18-20-36-34(23-31)35-24-33(39)19-21-37(35)38(36)32-11-7-10-30(22-32)27(3)15-14-26(2)28-8-5-4-6-9-28/h4-5,7-8,10-24,39H,6,9H2,1-3H3/b26-14+,27-15+. The molecule has 1 heterocycles. The van der Waals surface area contributed by atoms with Gasteiger partial charge in [-0.3, -0.25) is 0 Å². The van der Waals surface area contributed by atoms with Crippen LogP contribution in [-0.4, -0.2) is 9.67 Å². The van der Waals surface area contributed by atoms with Gasteiger partial charge < -0.3 is 9.67 Å². The third-order valence-electron chi connectivity index (χ3n) is 7.80. The summed E-state index contributed by atoms with van der Waals surface area (Å²) in [6, 6.07) is 29.7. The summed E-state index contributed by atoms with van der Waals surface area (Å²) in [4.78, 5) is 0. The first-order chi connectivity index (χ1) is 19.0. The third kappa shape index (κ3) is 4.86. The first-order valence-corrected chi connectivity index (χ1v) is 13.6. The fourth-order valence-electron chi connectivity index (χ4n) is 5.49. The van der Waals surface area contributed by atoms with E-state index in [0.29, 0.717) is 0 Å². The Morgan fingerprint density at radius 3 is 2.26 bits per heavy atom. The lowest BCUT2D eigenvalue weighted by Crippen LogP contribution is -1.95. The monoisotopic (exact) mass is 507 g/mol. The Labute approximate surface area is 230 Å². The van der Waals surface area contributed by atoms with Crippen molar-refractivity contribution in [1.29, 1.82) is 0 Å². The number of rotatable bonds is 5. The van der Waals surface area contributed by atoms with E-state index in [1.54, 1.807) is 6.07 Å². The van der Waals surface area contributed by atoms with Crippen LogP contribution in [0.15, 0.2) is 126 Å². The second-order valence-corrected chi connectivity index (χ2v) is 10.5. The highest BCUT2D eigenvalue weighted by Crippen LogP contribution is 2.37. The van der Waals surface area contributed by atoms with Gasteiger partial charge in [-0.2, -0.15) is 0 Å². The van der Waals surface area contributed by atoms with Crippen molar-refractivity contribution in [2.24, 2.45) is 0 Å². The number of nitrogens with zero attached hydrogens (tertiary/aromatic N) is 1. The summed E-state index contributed by atoms with van der Waals surface area (Å²) in [5, 5.41) is 12.5. The van der Waals surface area contributed by atoms with Crippen LogP contribution in [-0.2, 0) is 0 Å². The van der Waals surface area contributed by atoms with Crippen LogP contribution in [0.4, 0.5) is 0 Å². The van der Waals surface area contributed by atoms with E-state index in [2.05, 4.69) is 122 Å². The van der Waals surface area contributed by atoms with Gasteiger partial charge in [-0.15, -0.1) is 0 Å². The molecule has 0 aliphatic heterocycles. The second kappa shape index (κ2) is 10.3. The van der Waals surface area contributed by atoms with Crippen LogP contribution in [0.1, 0.15) is 37.8 Å². The molecule has 5 aromatic rings. The van der Waals surface area contributed by atoms with Crippen LogP contribution in [0, 0.1) is 6.92 Å². The Bertz CT molecular complexity index is 1820. The molecule has 0 bridgehead atoms. The minimum atomic E-state index is 0.278. The average molecular weight is 508 g/mol. The minimum Gasteiger partial charge on any atom is -0.508 e. The van der Waals surface area contributed by atoms with E-state index in [1.807, 2.05) is 12.1 Å². The van der Waals surface area contributed by atoms with Crippen molar-refractivity contribution in [2.75, 3.05) is 0 Å². The molecule has 0 atom stereocenters. The Morgan fingerprint density at radius 2 is 1.49 bits per heavy atom. The van der Waals surface area contributed by atoms with Gasteiger partial charge in [0.05, 0.1) is 11.0 Å². The van der Waals surface area contributed by atoms with Crippen LogP contribution >= 0.6 is 0 Å². The lowest BCUT2D eigenvalue weighted by Gasteiger charge is -2.11. The Hall–Kier alpha value is -4.56. The summed E-state index contributed by atoms with van der Waals surface area (Å²) in [7, 11) is 0. The minimum absolute atomic E-state index is 0.278. The number of allylic oxidation sites excluding steroid dienone is 8. The van der Waals surface area contributed by atoms with Crippen LogP contribution in [0.25, 0.3) is 44.2 Å². The number of fused-ring (bicyclic) bond motifs is 3. The Kier molecular flexibility index (Phi) is 6.54. The van der Waals surface area contributed by atoms with Gasteiger partial charge in [0.1, 0.15) is 5.75 Å². The first-order valence-electron chi connectivity index (χ1n) is 13.6. The highest BCUT2D eigenvalue weighted by atomic mass is 16.3. The molecule has 1 aromatic heterocycles. The van der Waals surface area contributed by atoms with Crippen LogP contribution in [0.2, 0.25) is 0 Å². The lowest BCUT2D eigenvalue weighted by atomic mass is 9.97. The zero-order chi connectivity index (χ0) is 26.9. The largest absolute Gasteiger partial charge is 0.508 e. The van der Waals surface area contributed by atoms with Crippen molar-refractivity contribution in [1.82, 2.24) is 4.57 Å². The summed E-state index contributed by atoms with van der Waals surface area (Å²) in [5.74, 6) is 0.278. The van der Waals surface area contributed by atoms with Crippen molar-refractivity contribution in [2.45, 2.75) is 33.6 Å². The third-order valence-corrected chi connectivity index (χ3v) is 7.80. The number of phenolic OH excluding ortho intramolecular Hbond substituents is 1. The van der Waals surface area contributed by atoms with Crippen molar-refractivity contribution >= 4 is 27.4 Å². The molecule has 0 saturated carbocycles. The van der Waals surface area contributed by atoms with Gasteiger partial charge in [-0.1, -0.05) is 78.4 Å². The molecular formula is C37H33NO. The fourth-order valence-corrected chi connectivity index (χ4v) is 5.49. The van der Waals surface area contributed by atoms with Crippen LogP contribution in [0.3, 0.4) is 0 Å². The van der Waals surface area contributed by atoms with E-state index in [4.69, 9.17) is 0 Å². The topological polar surface area (TPSA) is 25.2 Å². The van der Waals surface area contributed by atoms with E-state index >= 15 is 0 Å². The number of aromatic hydroxyl groups is 1. The molecule has 1 aliphatic carbocycles. The van der Waals surface area contributed by atoms with Gasteiger partial charge in [0, 0.05) is 16.5 Å². The molecule has 1 N–H and O–H groups in total. The van der Waals surface area contributed by atoms with Gasteiger partial charge >= 0.3 is 0 Å². The number of hydrogen-bond acceptors (Lipinski definition) is 1. The van der Waals surface area contributed by atoms with Crippen molar-refractivity contribution in [3.63, 3.8) is 0 Å². The van der Waals surface area contributed by atoms with Crippen molar-refractivity contribution < 1.29 is 5.11 Å². The zero-order valence-electron chi connectivity index (χ0n) is 22.8. The quantitative estimate of drug-likeness (QED) is 0.235. The maximum absolute atomic E-state index is 10.4. The molecule has 0 saturated heterocycles. The van der Waals surface area contributed by atoms with E-state index < -0.39 is 0 Å². The lowest BCUT2D eigenvalue weighted by molar-refractivity contribution is 0.476. The molecule has 2 nitrogen and oxygen atoms in total. The highest BCUT2D eigenvalue weighted by Gasteiger charge is 2.14. The van der Waals surface area contributed by atoms with E-state index in [0.717, 1.165) is 40.3 Å². The summed E-state index contributed by atoms with van der Waals surface area (Å²) in [6.07, 6.45) is 13.3. The smallest absolute Gasteiger partial charge is 0.116 e. The van der Waals surface area contributed by atoms with Crippen LogP contribution < -0.4 is 0 Å². The second-order valence-electron chi connectivity index (χ2n) is 10.5. The predicted octanol–water partition coefficient (Wildman–Crippen LogP) is 10.1. The molecule has 192 valence electrons. The molecule has 0 unspecified atom stereocenters. The average Bonchev–Trinajstić information content (AvgIpc) is 3.29. The summed E-state index contributed by atoms with van der Waals surface area (Å²) in [5.41, 5.74) is 12.1. The van der Waals surface area contributed by atoms with E-state index in [-0.39, 0.29) is 5.75 Å². The first kappa shape index (κ1) is 24.8. The maximum Gasteiger partial charge on any atom is 0.116 e. The van der Waals surface area contributed by atoms with E-state index in [9.17, 15) is 5.11 Å². The number of aryl methyl sites for hydroxylation is 1. The van der Waals surface area contributed by atoms with Crippen molar-refractivity contribution in [3.05, 3.63) is 138 Å². The van der Waals surface area contributed by atoms with Crippen molar-refractivity contribution in [3.8, 4) is 22.6 Å². The zero-order valence-corrected chi connectivity index (χ0v) is 22.8. The number of aromatic nitrogens is 1. The van der Waals surface area contributed by atoms with Gasteiger partial charge in [0.25, 0.3) is 0 Å². The molecular weight excluding hydrogens is 474 g/mol. The fraction of sp³-hybridized carbons (Fsp3) is 0.135. The Morgan fingerprint density at radius 1 is 0.769 bits per heavy atom. The van der Waals surface area contributed by atoms with Gasteiger partial charge in [0.2, 0.25) is 0 Å². The number of phenols is 1. The molecule has 4 aromatic carbocycles. The number of hydrogen-bond donors (Lipinski definition) is 1.